The largest absolute Gasteiger partial charge is 0.478 e. The fraction of sp³-hybridized carbons (Fsp3) is 0.217. The van der Waals surface area contributed by atoms with E-state index in [1.165, 1.54) is 22.7 Å². The monoisotopic (exact) mass is 465 g/mol. The first-order valence-electron chi connectivity index (χ1n) is 9.87. The van der Waals surface area contributed by atoms with E-state index in [1.807, 2.05) is 35.7 Å². The number of fused-ring (bicyclic) bond motifs is 1. The number of carbonyl (C=O) groups is 1. The molecule has 2 aromatic heterocycles. The summed E-state index contributed by atoms with van der Waals surface area (Å²) in [5, 5.41) is 10.7. The number of para-hydroxylation sites is 1. The summed E-state index contributed by atoms with van der Waals surface area (Å²) in [6, 6.07) is 12.3. The Labute approximate surface area is 191 Å². The number of rotatable bonds is 6. The van der Waals surface area contributed by atoms with Crippen LogP contribution >= 0.6 is 22.7 Å². The lowest BCUT2D eigenvalue weighted by Crippen LogP contribution is -2.39. The number of esters is 1. The Balaban J connectivity index is 1.90. The molecule has 1 atom stereocenters. The molecule has 0 radical (unpaired) electrons. The highest BCUT2D eigenvalue weighted by atomic mass is 32.1. The van der Waals surface area contributed by atoms with E-state index in [1.54, 1.807) is 36.6 Å². The van der Waals surface area contributed by atoms with E-state index in [2.05, 4.69) is 4.99 Å². The minimum Gasteiger partial charge on any atom is -0.478 e. The van der Waals surface area contributed by atoms with Crippen molar-refractivity contribution in [3.8, 4) is 11.8 Å². The summed E-state index contributed by atoms with van der Waals surface area (Å²) in [4.78, 5) is 32.2. The summed E-state index contributed by atoms with van der Waals surface area (Å²) in [7, 11) is 0. The number of nitriles is 1. The van der Waals surface area contributed by atoms with Gasteiger partial charge in [-0.25, -0.2) is 9.79 Å². The summed E-state index contributed by atoms with van der Waals surface area (Å²) in [6.45, 7) is 3.65. The Kier molecular flexibility index (Phi) is 6.35. The lowest BCUT2D eigenvalue weighted by molar-refractivity contribution is -0.139. The van der Waals surface area contributed by atoms with Crippen molar-refractivity contribution >= 4 is 34.7 Å². The molecule has 3 aromatic rings. The highest BCUT2D eigenvalue weighted by molar-refractivity contribution is 7.10. The normalized spacial score (nSPS) is 15.7. The molecule has 1 aromatic carbocycles. The molecule has 0 saturated carbocycles. The van der Waals surface area contributed by atoms with E-state index in [0.717, 1.165) is 4.88 Å². The van der Waals surface area contributed by atoms with Gasteiger partial charge in [0.2, 0.25) is 0 Å². The van der Waals surface area contributed by atoms with Gasteiger partial charge in [0.15, 0.2) is 11.4 Å². The first-order chi connectivity index (χ1) is 15.5. The molecular weight excluding hydrogens is 446 g/mol. The second-order valence-electron chi connectivity index (χ2n) is 6.80. The predicted molar refractivity (Wildman–Crippen MR) is 122 cm³/mol. The molecule has 7 nitrogen and oxygen atoms in total. The Bertz CT molecular complexity index is 1410. The van der Waals surface area contributed by atoms with Crippen molar-refractivity contribution in [1.29, 1.82) is 5.26 Å². The first-order valence-corrected chi connectivity index (χ1v) is 11.6. The number of hydrogen-bond donors (Lipinski definition) is 0. The van der Waals surface area contributed by atoms with Crippen molar-refractivity contribution in [1.82, 2.24) is 4.57 Å². The number of allylic oxidation sites excluding steroid dienone is 1. The van der Waals surface area contributed by atoms with Crippen LogP contribution in [0.5, 0.6) is 5.75 Å². The van der Waals surface area contributed by atoms with Crippen molar-refractivity contribution in [3.05, 3.63) is 83.2 Å². The number of thiophene rings is 1. The molecule has 9 heteroatoms. The van der Waals surface area contributed by atoms with E-state index < -0.39 is 12.0 Å². The van der Waals surface area contributed by atoms with Gasteiger partial charge in [0.25, 0.3) is 5.56 Å². The van der Waals surface area contributed by atoms with Crippen molar-refractivity contribution in [2.45, 2.75) is 19.9 Å². The van der Waals surface area contributed by atoms with Crippen LogP contribution in [-0.2, 0) is 9.53 Å². The van der Waals surface area contributed by atoms with E-state index in [4.69, 9.17) is 14.7 Å². The molecule has 162 valence electrons. The minimum absolute atomic E-state index is 0.0907. The summed E-state index contributed by atoms with van der Waals surface area (Å²) >= 11 is 2.72. The summed E-state index contributed by atoms with van der Waals surface area (Å²) in [5.74, 6) is 0.0368. The number of thiazole rings is 1. The molecule has 0 saturated heterocycles. The zero-order valence-corrected chi connectivity index (χ0v) is 19.0. The maximum atomic E-state index is 13.5. The molecule has 0 unspecified atom stereocenters. The number of ether oxygens (including phenoxy) is 2. The number of carbonyl (C=O) groups excluding carboxylic acids is 1. The Morgan fingerprint density at radius 2 is 2.12 bits per heavy atom. The van der Waals surface area contributed by atoms with Gasteiger partial charge in [-0.1, -0.05) is 35.6 Å². The molecule has 0 bridgehead atoms. The Hall–Kier alpha value is -3.48. The van der Waals surface area contributed by atoms with Gasteiger partial charge < -0.3 is 9.47 Å². The quantitative estimate of drug-likeness (QED) is 0.522. The second kappa shape index (κ2) is 9.34. The van der Waals surface area contributed by atoms with Crippen molar-refractivity contribution in [3.63, 3.8) is 0 Å². The fourth-order valence-corrected chi connectivity index (χ4v) is 5.35. The van der Waals surface area contributed by atoms with Gasteiger partial charge in [0.1, 0.15) is 17.9 Å². The number of hydrogen-bond acceptors (Lipinski definition) is 8. The van der Waals surface area contributed by atoms with Crippen LogP contribution in [-0.4, -0.2) is 23.8 Å². The molecule has 0 aliphatic carbocycles. The third kappa shape index (κ3) is 4.02. The molecule has 0 fully saturated rings. The average molecular weight is 466 g/mol. The zero-order valence-electron chi connectivity index (χ0n) is 17.4. The second-order valence-corrected chi connectivity index (χ2v) is 8.79. The van der Waals surface area contributed by atoms with Gasteiger partial charge in [-0.15, -0.1) is 11.3 Å². The number of nitrogens with zero attached hydrogens (tertiary/aromatic N) is 3. The number of benzene rings is 1. The standard InChI is InChI=1S/C23H19N3O4S2/c1-3-29-22(28)19-14(2)25-23-26(20(19)17-9-6-12-31-17)21(27)18(32-23)13-15-7-4-5-8-16(15)30-11-10-24/h4-9,12-13,20H,3,11H2,1-2H3/b18-13-/t20-/m1/s1. The maximum Gasteiger partial charge on any atom is 0.338 e. The summed E-state index contributed by atoms with van der Waals surface area (Å²) < 4.78 is 12.8. The molecule has 1 aliphatic rings. The van der Waals surface area contributed by atoms with Crippen LogP contribution in [0.1, 0.15) is 30.3 Å². The highest BCUT2D eigenvalue weighted by Crippen LogP contribution is 2.33. The predicted octanol–water partition coefficient (Wildman–Crippen LogP) is 2.76. The molecule has 32 heavy (non-hydrogen) atoms. The Morgan fingerprint density at radius 3 is 2.84 bits per heavy atom. The van der Waals surface area contributed by atoms with Crippen LogP contribution in [0.2, 0.25) is 0 Å². The molecule has 0 spiro atoms. The van der Waals surface area contributed by atoms with Crippen molar-refractivity contribution in [2.24, 2.45) is 4.99 Å². The van der Waals surface area contributed by atoms with Gasteiger partial charge in [0.05, 0.1) is 22.4 Å². The fourth-order valence-electron chi connectivity index (χ4n) is 3.49. The van der Waals surface area contributed by atoms with Crippen molar-refractivity contribution < 1.29 is 14.3 Å². The topological polar surface area (TPSA) is 93.7 Å². The highest BCUT2D eigenvalue weighted by Gasteiger charge is 2.33. The van der Waals surface area contributed by atoms with E-state index >= 15 is 0 Å². The zero-order chi connectivity index (χ0) is 22.7. The van der Waals surface area contributed by atoms with Gasteiger partial charge in [0, 0.05) is 10.4 Å². The van der Waals surface area contributed by atoms with E-state index in [0.29, 0.717) is 31.9 Å². The summed E-state index contributed by atoms with van der Waals surface area (Å²) in [6.07, 6.45) is 1.73. The van der Waals surface area contributed by atoms with Crippen LogP contribution in [0, 0.1) is 11.3 Å². The third-order valence-corrected chi connectivity index (χ3v) is 6.74. The minimum atomic E-state index is -0.600. The van der Waals surface area contributed by atoms with Gasteiger partial charge in [-0.05, 0) is 37.4 Å². The first kappa shape index (κ1) is 21.7. The smallest absolute Gasteiger partial charge is 0.338 e. The average Bonchev–Trinajstić information content (AvgIpc) is 3.41. The van der Waals surface area contributed by atoms with Crippen molar-refractivity contribution in [2.75, 3.05) is 13.2 Å². The molecule has 0 amide bonds. The van der Waals surface area contributed by atoms with Crippen LogP contribution < -0.4 is 19.6 Å². The van der Waals surface area contributed by atoms with Crippen LogP contribution in [0.3, 0.4) is 0 Å². The number of aromatic nitrogens is 1. The van der Waals surface area contributed by atoms with Crippen LogP contribution in [0.4, 0.5) is 0 Å². The molecule has 3 heterocycles. The van der Waals surface area contributed by atoms with Crippen LogP contribution in [0.25, 0.3) is 6.08 Å². The molecule has 0 N–H and O–H groups in total. The maximum absolute atomic E-state index is 13.5. The lowest BCUT2D eigenvalue weighted by Gasteiger charge is -2.23. The van der Waals surface area contributed by atoms with E-state index in [-0.39, 0.29) is 18.8 Å². The summed E-state index contributed by atoms with van der Waals surface area (Å²) in [5.41, 5.74) is 1.33. The van der Waals surface area contributed by atoms with Gasteiger partial charge in [-0.2, -0.15) is 5.26 Å². The van der Waals surface area contributed by atoms with E-state index in [9.17, 15) is 9.59 Å². The molecule has 4 rings (SSSR count). The SMILES string of the molecule is CCOC(=O)C1=C(C)N=c2s/c(=C\c3ccccc3OCC#N)c(=O)n2[C@@H]1c1cccs1. The Morgan fingerprint density at radius 1 is 1.31 bits per heavy atom. The third-order valence-electron chi connectivity index (χ3n) is 4.83. The van der Waals surface area contributed by atoms with Gasteiger partial charge in [-0.3, -0.25) is 9.36 Å². The lowest BCUT2D eigenvalue weighted by atomic mass is 10.0. The van der Waals surface area contributed by atoms with Crippen LogP contribution in [0.15, 0.2) is 62.8 Å². The molecule has 1 aliphatic heterocycles. The van der Waals surface area contributed by atoms with Gasteiger partial charge >= 0.3 is 5.97 Å². The molecular formula is C23H19N3O4S2.